The first-order valence-electron chi connectivity index (χ1n) is 9.21. The Labute approximate surface area is 188 Å². The van der Waals surface area contributed by atoms with Gasteiger partial charge in [-0.05, 0) is 24.5 Å². The molecule has 1 aromatic heterocycles. The monoisotopic (exact) mass is 506 g/mol. The van der Waals surface area contributed by atoms with Crippen LogP contribution >= 0.6 is 35.3 Å². The van der Waals surface area contributed by atoms with Crippen molar-refractivity contribution in [3.8, 4) is 0 Å². The van der Waals surface area contributed by atoms with Crippen LogP contribution in [-0.4, -0.2) is 24.5 Å². The highest BCUT2D eigenvalue weighted by molar-refractivity contribution is 14.0. The zero-order valence-corrected chi connectivity index (χ0v) is 19.4. The number of rotatable bonds is 7. The topological polar surface area (TPSA) is 49.3 Å². The predicted molar refractivity (Wildman–Crippen MR) is 130 cm³/mol. The van der Waals surface area contributed by atoms with Gasteiger partial charge in [0.2, 0.25) is 0 Å². The number of nitrogens with one attached hydrogen (secondary N) is 2. The first-order valence-corrected chi connectivity index (χ1v) is 10.1. The van der Waals surface area contributed by atoms with Gasteiger partial charge in [0, 0.05) is 24.4 Å². The smallest absolute Gasteiger partial charge is 0.191 e. The summed E-state index contributed by atoms with van der Waals surface area (Å²) in [6, 6.07) is 21.4. The minimum atomic E-state index is 0. The highest BCUT2D eigenvalue weighted by Crippen LogP contribution is 2.27. The van der Waals surface area contributed by atoms with E-state index >= 15 is 0 Å². The van der Waals surface area contributed by atoms with E-state index in [2.05, 4.69) is 81.3 Å². The van der Waals surface area contributed by atoms with Crippen LogP contribution in [0.5, 0.6) is 0 Å². The van der Waals surface area contributed by atoms with Gasteiger partial charge in [0.05, 0.1) is 17.7 Å². The predicted octanol–water partition coefficient (Wildman–Crippen LogP) is 4.96. The molecule has 3 aromatic rings. The molecule has 4 nitrogen and oxygen atoms in total. The number of nitrogens with zero attached hydrogens (tertiary/aromatic N) is 2. The number of aryl methyl sites for hydroxylation is 1. The first-order chi connectivity index (χ1) is 13.3. The Kier molecular flexibility index (Phi) is 9.43. The Hall–Kier alpha value is -1.93. The molecule has 0 aliphatic carbocycles. The molecule has 28 heavy (non-hydrogen) atoms. The third kappa shape index (κ3) is 6.31. The molecule has 0 radical (unpaired) electrons. The van der Waals surface area contributed by atoms with E-state index in [-0.39, 0.29) is 24.0 Å². The average molecular weight is 506 g/mol. The molecular weight excluding hydrogens is 479 g/mol. The second kappa shape index (κ2) is 11.8. The van der Waals surface area contributed by atoms with Gasteiger partial charge in [0.1, 0.15) is 0 Å². The van der Waals surface area contributed by atoms with Gasteiger partial charge in [-0.1, -0.05) is 60.7 Å². The van der Waals surface area contributed by atoms with E-state index in [1.54, 1.807) is 18.4 Å². The second-order valence-corrected chi connectivity index (χ2v) is 7.32. The van der Waals surface area contributed by atoms with Crippen molar-refractivity contribution in [3.05, 3.63) is 87.9 Å². The highest BCUT2D eigenvalue weighted by atomic mass is 127. The van der Waals surface area contributed by atoms with Crippen LogP contribution in [0.1, 0.15) is 34.0 Å². The number of hydrogen-bond acceptors (Lipinski definition) is 3. The number of thiazole rings is 1. The van der Waals surface area contributed by atoms with E-state index in [1.807, 2.05) is 12.4 Å². The lowest BCUT2D eigenvalue weighted by atomic mass is 9.88. The summed E-state index contributed by atoms with van der Waals surface area (Å²) in [5.74, 6) is 1.18. The maximum absolute atomic E-state index is 4.34. The van der Waals surface area contributed by atoms with Gasteiger partial charge < -0.3 is 10.6 Å². The fourth-order valence-corrected chi connectivity index (χ4v) is 3.83. The van der Waals surface area contributed by atoms with Crippen LogP contribution in [0, 0.1) is 6.92 Å². The van der Waals surface area contributed by atoms with Crippen molar-refractivity contribution >= 4 is 41.3 Å². The molecule has 0 bridgehead atoms. The van der Waals surface area contributed by atoms with Crippen molar-refractivity contribution in [2.75, 3.05) is 13.6 Å². The number of hydrogen-bond donors (Lipinski definition) is 2. The molecule has 0 atom stereocenters. The molecule has 1 heterocycles. The fourth-order valence-electron chi connectivity index (χ4n) is 3.11. The first kappa shape index (κ1) is 22.4. The second-order valence-electron chi connectivity index (χ2n) is 6.38. The summed E-state index contributed by atoms with van der Waals surface area (Å²) in [5.41, 5.74) is 5.64. The van der Waals surface area contributed by atoms with E-state index in [0.717, 1.165) is 31.2 Å². The summed E-state index contributed by atoms with van der Waals surface area (Å²) >= 11 is 1.67. The molecule has 0 aliphatic rings. The van der Waals surface area contributed by atoms with E-state index in [0.29, 0.717) is 5.92 Å². The van der Waals surface area contributed by atoms with E-state index in [1.165, 1.54) is 16.0 Å². The molecule has 0 saturated heterocycles. The van der Waals surface area contributed by atoms with Gasteiger partial charge >= 0.3 is 0 Å². The fraction of sp³-hybridized carbons (Fsp3) is 0.273. The SMILES string of the molecule is CN=C(NCCC(c1ccccc1)c1ccccc1)NCc1scnc1C.I. The maximum Gasteiger partial charge on any atom is 0.191 e. The van der Waals surface area contributed by atoms with Crippen molar-refractivity contribution in [1.82, 2.24) is 15.6 Å². The molecule has 0 spiro atoms. The van der Waals surface area contributed by atoms with Crippen molar-refractivity contribution in [2.45, 2.75) is 25.8 Å². The van der Waals surface area contributed by atoms with E-state index < -0.39 is 0 Å². The van der Waals surface area contributed by atoms with Crippen LogP contribution in [0.2, 0.25) is 0 Å². The van der Waals surface area contributed by atoms with Gasteiger partial charge in [0.15, 0.2) is 5.96 Å². The standard InChI is InChI=1S/C22H26N4S.HI/c1-17-21(27-16-26-17)15-25-22(23-2)24-14-13-20(18-9-5-3-6-10-18)19-11-7-4-8-12-19;/h3-12,16,20H,13-15H2,1-2H3,(H2,23,24,25);1H. The summed E-state index contributed by atoms with van der Waals surface area (Å²) in [7, 11) is 1.81. The minimum absolute atomic E-state index is 0. The van der Waals surface area contributed by atoms with Crippen LogP contribution in [0.3, 0.4) is 0 Å². The molecule has 0 amide bonds. The van der Waals surface area contributed by atoms with Gasteiger partial charge in [-0.2, -0.15) is 0 Å². The van der Waals surface area contributed by atoms with Crippen molar-refractivity contribution in [2.24, 2.45) is 4.99 Å². The van der Waals surface area contributed by atoms with Gasteiger partial charge in [-0.15, -0.1) is 35.3 Å². The van der Waals surface area contributed by atoms with Crippen LogP contribution in [0.15, 0.2) is 71.2 Å². The lowest BCUT2D eigenvalue weighted by Crippen LogP contribution is -2.37. The summed E-state index contributed by atoms with van der Waals surface area (Å²) in [5, 5.41) is 6.82. The number of halogens is 1. The zero-order valence-electron chi connectivity index (χ0n) is 16.3. The molecule has 0 saturated carbocycles. The molecule has 0 fully saturated rings. The Morgan fingerprint density at radius 3 is 2.11 bits per heavy atom. The lowest BCUT2D eigenvalue weighted by Gasteiger charge is -2.19. The normalized spacial score (nSPS) is 11.2. The third-order valence-electron chi connectivity index (χ3n) is 4.61. The van der Waals surface area contributed by atoms with Crippen molar-refractivity contribution < 1.29 is 0 Å². The van der Waals surface area contributed by atoms with E-state index in [4.69, 9.17) is 0 Å². The van der Waals surface area contributed by atoms with Crippen LogP contribution in [0.25, 0.3) is 0 Å². The number of guanidine groups is 1. The highest BCUT2D eigenvalue weighted by Gasteiger charge is 2.13. The van der Waals surface area contributed by atoms with Crippen LogP contribution in [-0.2, 0) is 6.54 Å². The molecule has 148 valence electrons. The maximum atomic E-state index is 4.34. The molecule has 0 aliphatic heterocycles. The lowest BCUT2D eigenvalue weighted by molar-refractivity contribution is 0.679. The Balaban J connectivity index is 0.00000280. The van der Waals surface area contributed by atoms with Crippen LogP contribution < -0.4 is 10.6 Å². The summed E-state index contributed by atoms with van der Waals surface area (Å²) in [6.07, 6.45) is 0.994. The molecular formula is C22H27IN4S. The van der Waals surface area contributed by atoms with Gasteiger partial charge in [-0.3, -0.25) is 4.99 Å². The molecule has 2 N–H and O–H groups in total. The van der Waals surface area contributed by atoms with Gasteiger partial charge in [-0.25, -0.2) is 4.98 Å². The summed E-state index contributed by atoms with van der Waals surface area (Å²) in [6.45, 7) is 3.63. The zero-order chi connectivity index (χ0) is 18.9. The molecule has 2 aromatic carbocycles. The number of aliphatic imine (C=N–C) groups is 1. The largest absolute Gasteiger partial charge is 0.356 e. The van der Waals surface area contributed by atoms with Gasteiger partial charge in [0.25, 0.3) is 0 Å². The van der Waals surface area contributed by atoms with Crippen molar-refractivity contribution in [3.63, 3.8) is 0 Å². The Bertz CT molecular complexity index is 810. The quantitative estimate of drug-likeness (QED) is 0.271. The number of aromatic nitrogens is 1. The Morgan fingerprint density at radius 1 is 1.00 bits per heavy atom. The third-order valence-corrected chi connectivity index (χ3v) is 5.55. The molecule has 0 unspecified atom stereocenters. The molecule has 6 heteroatoms. The summed E-state index contributed by atoms with van der Waals surface area (Å²) < 4.78 is 0. The van der Waals surface area contributed by atoms with E-state index in [9.17, 15) is 0 Å². The average Bonchev–Trinajstić information content (AvgIpc) is 3.13. The van der Waals surface area contributed by atoms with Crippen molar-refractivity contribution in [1.29, 1.82) is 0 Å². The molecule has 3 rings (SSSR count). The minimum Gasteiger partial charge on any atom is -0.356 e. The summed E-state index contributed by atoms with van der Waals surface area (Å²) in [4.78, 5) is 9.87. The van der Waals surface area contributed by atoms with Crippen LogP contribution in [0.4, 0.5) is 0 Å². The number of benzene rings is 2. The Morgan fingerprint density at radius 2 is 1.61 bits per heavy atom.